The van der Waals surface area contributed by atoms with Crippen LogP contribution in [0.2, 0.25) is 0 Å². The van der Waals surface area contributed by atoms with Crippen molar-refractivity contribution in [2.45, 2.75) is 26.8 Å². The first-order chi connectivity index (χ1) is 8.95. The zero-order valence-electron chi connectivity index (χ0n) is 11.2. The van der Waals surface area contributed by atoms with Crippen molar-refractivity contribution in [3.05, 3.63) is 46.0 Å². The number of amides is 1. The minimum atomic E-state index is -0.141. The van der Waals surface area contributed by atoms with Gasteiger partial charge in [0.25, 0.3) is 5.91 Å². The fourth-order valence-corrected chi connectivity index (χ4v) is 2.64. The van der Waals surface area contributed by atoms with Crippen molar-refractivity contribution in [3.63, 3.8) is 0 Å². The number of rotatable bonds is 3. The third-order valence-corrected chi connectivity index (χ3v) is 3.47. The van der Waals surface area contributed by atoms with Crippen molar-refractivity contribution in [3.8, 4) is 0 Å². The van der Waals surface area contributed by atoms with Gasteiger partial charge in [0, 0.05) is 17.0 Å². The summed E-state index contributed by atoms with van der Waals surface area (Å²) in [7, 11) is 0. The average molecular weight is 275 g/mol. The lowest BCUT2D eigenvalue weighted by Crippen LogP contribution is -2.12. The van der Waals surface area contributed by atoms with E-state index in [0.717, 1.165) is 16.8 Å². The maximum absolute atomic E-state index is 12.1. The Morgan fingerprint density at radius 2 is 1.95 bits per heavy atom. The van der Waals surface area contributed by atoms with Crippen LogP contribution in [0, 0.1) is 13.8 Å². The van der Waals surface area contributed by atoms with Crippen molar-refractivity contribution < 1.29 is 4.79 Å². The molecular weight excluding hydrogens is 258 g/mol. The van der Waals surface area contributed by atoms with E-state index in [4.69, 9.17) is 5.73 Å². The Bertz CT molecular complexity index is 584. The summed E-state index contributed by atoms with van der Waals surface area (Å²) in [6.45, 7) is 5.81. The van der Waals surface area contributed by atoms with Gasteiger partial charge in [0.05, 0.1) is 5.69 Å². The minimum Gasteiger partial charge on any atom is -0.323 e. The summed E-state index contributed by atoms with van der Waals surface area (Å²) in [5, 5.41) is 5.24. The summed E-state index contributed by atoms with van der Waals surface area (Å²) in [5.41, 5.74) is 9.32. The molecule has 5 heteroatoms. The number of carbonyl (C=O) groups is 1. The summed E-state index contributed by atoms with van der Waals surface area (Å²) in [4.78, 5) is 16.4. The van der Waals surface area contributed by atoms with E-state index in [0.29, 0.717) is 10.7 Å². The van der Waals surface area contributed by atoms with E-state index in [1.807, 2.05) is 44.4 Å². The molecule has 1 amide bonds. The highest BCUT2D eigenvalue weighted by Crippen LogP contribution is 2.20. The number of hydrogen-bond donors (Lipinski definition) is 2. The van der Waals surface area contributed by atoms with Gasteiger partial charge < -0.3 is 5.73 Å². The van der Waals surface area contributed by atoms with Crippen molar-refractivity contribution in [1.82, 2.24) is 4.98 Å². The van der Waals surface area contributed by atoms with Crippen LogP contribution < -0.4 is 11.1 Å². The maximum Gasteiger partial charge on any atom is 0.257 e. The number of hydrogen-bond acceptors (Lipinski definition) is 4. The lowest BCUT2D eigenvalue weighted by molar-refractivity contribution is 0.102. The molecule has 2 rings (SSSR count). The normalized spacial score (nSPS) is 12.2. The first-order valence-electron chi connectivity index (χ1n) is 6.06. The van der Waals surface area contributed by atoms with Crippen molar-refractivity contribution in [2.24, 2.45) is 5.73 Å². The Hall–Kier alpha value is -1.72. The molecular formula is C14H17N3OS. The summed E-state index contributed by atoms with van der Waals surface area (Å²) >= 11 is 1.39. The second-order valence-electron chi connectivity index (χ2n) is 4.70. The smallest absolute Gasteiger partial charge is 0.257 e. The summed E-state index contributed by atoms with van der Waals surface area (Å²) in [5.74, 6) is -0.141. The van der Waals surface area contributed by atoms with Crippen molar-refractivity contribution >= 4 is 22.4 Å². The predicted molar refractivity (Wildman–Crippen MR) is 78.6 cm³/mol. The van der Waals surface area contributed by atoms with Gasteiger partial charge in [-0.15, -0.1) is 11.3 Å². The molecule has 1 atom stereocenters. The highest BCUT2D eigenvalue weighted by atomic mass is 32.1. The Morgan fingerprint density at radius 1 is 1.32 bits per heavy atom. The number of benzene rings is 1. The standard InChI is InChI=1S/C14H17N3OS/c1-8-4-9(2)6-11(5-8)13(18)17-14-16-12(7-19-14)10(3)15/h4-7,10H,15H2,1-3H3,(H,16,17,18). The van der Waals surface area contributed by atoms with E-state index in [-0.39, 0.29) is 11.9 Å². The molecule has 2 aromatic rings. The number of nitrogens with zero attached hydrogens (tertiary/aromatic N) is 1. The Morgan fingerprint density at radius 3 is 2.47 bits per heavy atom. The van der Waals surface area contributed by atoms with Crippen molar-refractivity contribution in [2.75, 3.05) is 5.32 Å². The number of nitrogens with two attached hydrogens (primary N) is 1. The molecule has 0 bridgehead atoms. The average Bonchev–Trinajstić information content (AvgIpc) is 2.76. The fourth-order valence-electron chi connectivity index (χ4n) is 1.83. The van der Waals surface area contributed by atoms with E-state index in [1.165, 1.54) is 11.3 Å². The second-order valence-corrected chi connectivity index (χ2v) is 5.55. The van der Waals surface area contributed by atoms with Gasteiger partial charge in [0.15, 0.2) is 5.13 Å². The highest BCUT2D eigenvalue weighted by Gasteiger charge is 2.11. The van der Waals surface area contributed by atoms with Crippen LogP contribution in [0.15, 0.2) is 23.6 Å². The van der Waals surface area contributed by atoms with Gasteiger partial charge in [0.1, 0.15) is 0 Å². The SMILES string of the molecule is Cc1cc(C)cc(C(=O)Nc2nc(C(C)N)cs2)c1. The first-order valence-corrected chi connectivity index (χ1v) is 6.94. The van der Waals surface area contributed by atoms with Crippen LogP contribution in [0.25, 0.3) is 0 Å². The summed E-state index contributed by atoms with van der Waals surface area (Å²) in [6, 6.07) is 5.64. The molecule has 0 aliphatic heterocycles. The molecule has 0 aliphatic rings. The molecule has 19 heavy (non-hydrogen) atoms. The molecule has 0 spiro atoms. The third-order valence-electron chi connectivity index (χ3n) is 2.69. The van der Waals surface area contributed by atoms with Crippen molar-refractivity contribution in [1.29, 1.82) is 0 Å². The molecule has 0 aliphatic carbocycles. The predicted octanol–water partition coefficient (Wildman–Crippen LogP) is 3.03. The fraction of sp³-hybridized carbons (Fsp3) is 0.286. The number of aromatic nitrogens is 1. The lowest BCUT2D eigenvalue weighted by Gasteiger charge is -2.05. The van der Waals surface area contributed by atoms with Crippen LogP contribution in [0.1, 0.15) is 40.1 Å². The number of thiazole rings is 1. The van der Waals surface area contributed by atoms with Crippen LogP contribution in [-0.2, 0) is 0 Å². The lowest BCUT2D eigenvalue weighted by atomic mass is 10.1. The highest BCUT2D eigenvalue weighted by molar-refractivity contribution is 7.14. The molecule has 3 N–H and O–H groups in total. The van der Waals surface area contributed by atoms with Gasteiger partial charge in [-0.05, 0) is 32.9 Å². The monoisotopic (exact) mass is 275 g/mol. The van der Waals surface area contributed by atoms with E-state index in [1.54, 1.807) is 0 Å². The minimum absolute atomic E-state index is 0.122. The Balaban J connectivity index is 2.15. The zero-order chi connectivity index (χ0) is 14.0. The van der Waals surface area contributed by atoms with Gasteiger partial charge >= 0.3 is 0 Å². The van der Waals surface area contributed by atoms with Crippen LogP contribution >= 0.6 is 11.3 Å². The number of carbonyl (C=O) groups excluding carboxylic acids is 1. The number of nitrogens with one attached hydrogen (secondary N) is 1. The molecule has 1 unspecified atom stereocenters. The molecule has 1 aromatic heterocycles. The second kappa shape index (κ2) is 5.50. The molecule has 0 fully saturated rings. The van der Waals surface area contributed by atoms with Gasteiger partial charge in [-0.2, -0.15) is 0 Å². The molecule has 0 saturated heterocycles. The first kappa shape index (κ1) is 13.7. The van der Waals surface area contributed by atoms with Gasteiger partial charge in [-0.3, -0.25) is 10.1 Å². The maximum atomic E-state index is 12.1. The molecule has 1 aromatic carbocycles. The molecule has 4 nitrogen and oxygen atoms in total. The van der Waals surface area contributed by atoms with Crippen LogP contribution in [0.5, 0.6) is 0 Å². The zero-order valence-corrected chi connectivity index (χ0v) is 12.0. The number of aryl methyl sites for hydroxylation is 2. The quantitative estimate of drug-likeness (QED) is 0.904. The van der Waals surface area contributed by atoms with Gasteiger partial charge in [-0.1, -0.05) is 17.2 Å². The van der Waals surface area contributed by atoms with E-state index < -0.39 is 0 Å². The van der Waals surface area contributed by atoms with Crippen LogP contribution in [-0.4, -0.2) is 10.9 Å². The molecule has 100 valence electrons. The molecule has 0 radical (unpaired) electrons. The molecule has 0 saturated carbocycles. The van der Waals surface area contributed by atoms with E-state index >= 15 is 0 Å². The number of anilines is 1. The molecule has 1 heterocycles. The van der Waals surface area contributed by atoms with E-state index in [9.17, 15) is 4.79 Å². The van der Waals surface area contributed by atoms with Crippen LogP contribution in [0.4, 0.5) is 5.13 Å². The Labute approximate surface area is 116 Å². The summed E-state index contributed by atoms with van der Waals surface area (Å²) in [6.07, 6.45) is 0. The van der Waals surface area contributed by atoms with E-state index in [2.05, 4.69) is 10.3 Å². The summed E-state index contributed by atoms with van der Waals surface area (Å²) < 4.78 is 0. The Kier molecular flexibility index (Phi) is 3.97. The topological polar surface area (TPSA) is 68.0 Å². The largest absolute Gasteiger partial charge is 0.323 e. The van der Waals surface area contributed by atoms with Crippen LogP contribution in [0.3, 0.4) is 0 Å². The van der Waals surface area contributed by atoms with Gasteiger partial charge in [-0.25, -0.2) is 4.98 Å². The third kappa shape index (κ3) is 3.39. The van der Waals surface area contributed by atoms with Gasteiger partial charge in [0.2, 0.25) is 0 Å².